The maximum atomic E-state index is 13.1. The molecule has 1 aliphatic rings. The van der Waals surface area contributed by atoms with Crippen LogP contribution in [0, 0.1) is 5.82 Å². The molecule has 0 radical (unpaired) electrons. The van der Waals surface area contributed by atoms with E-state index in [1.54, 1.807) is 6.07 Å². The Morgan fingerprint density at radius 3 is 2.93 bits per heavy atom. The maximum absolute atomic E-state index is 13.1. The van der Waals surface area contributed by atoms with Gasteiger partial charge >= 0.3 is 0 Å². The molecule has 0 saturated heterocycles. The molecule has 1 aromatic rings. The molecule has 0 unspecified atom stereocenters. The molecule has 3 heteroatoms. The van der Waals surface area contributed by atoms with Gasteiger partial charge in [-0.15, -0.1) is 0 Å². The molecule has 1 aliphatic carbocycles. The molecule has 1 aromatic carbocycles. The summed E-state index contributed by atoms with van der Waals surface area (Å²) in [6.07, 6.45) is 4.47. The summed E-state index contributed by atoms with van der Waals surface area (Å²) >= 11 is 5.85. The van der Waals surface area contributed by atoms with Gasteiger partial charge in [0.05, 0.1) is 5.02 Å². The number of benzene rings is 1. The summed E-state index contributed by atoms with van der Waals surface area (Å²) in [6, 6.07) is 5.75. The van der Waals surface area contributed by atoms with Gasteiger partial charge in [-0.25, -0.2) is 4.39 Å². The van der Waals surface area contributed by atoms with Gasteiger partial charge < -0.3 is 5.32 Å². The first-order chi connectivity index (χ1) is 7.27. The Balaban J connectivity index is 1.78. The number of halogens is 2. The summed E-state index contributed by atoms with van der Waals surface area (Å²) in [4.78, 5) is 0. The van der Waals surface area contributed by atoms with Gasteiger partial charge in [0.25, 0.3) is 0 Å². The molecule has 0 amide bonds. The Morgan fingerprint density at radius 1 is 1.40 bits per heavy atom. The van der Waals surface area contributed by atoms with Crippen molar-refractivity contribution in [3.05, 3.63) is 34.6 Å². The van der Waals surface area contributed by atoms with Crippen LogP contribution in [-0.2, 0) is 6.42 Å². The van der Waals surface area contributed by atoms with Gasteiger partial charge in [-0.2, -0.15) is 0 Å². The molecule has 0 atom stereocenters. The molecule has 0 spiro atoms. The van der Waals surface area contributed by atoms with E-state index in [0.29, 0.717) is 0 Å². The van der Waals surface area contributed by atoms with Crippen LogP contribution in [0.15, 0.2) is 18.2 Å². The Bertz CT molecular complexity index is 336. The number of aryl methyl sites for hydroxylation is 1. The van der Waals surface area contributed by atoms with E-state index in [4.69, 9.17) is 11.6 Å². The van der Waals surface area contributed by atoms with Gasteiger partial charge in [0.2, 0.25) is 0 Å². The van der Waals surface area contributed by atoms with Gasteiger partial charge in [-0.3, -0.25) is 0 Å². The molecule has 1 fully saturated rings. The van der Waals surface area contributed by atoms with Crippen molar-refractivity contribution in [3.8, 4) is 0 Å². The molecule has 1 N–H and O–H groups in total. The van der Waals surface area contributed by atoms with Crippen molar-refractivity contribution in [1.82, 2.24) is 5.32 Å². The van der Waals surface area contributed by atoms with Crippen molar-refractivity contribution in [3.63, 3.8) is 0 Å². The average Bonchev–Trinajstić information content (AvgIpc) is 3.02. The summed E-state index contributed by atoms with van der Waals surface area (Å²) in [6.45, 7) is 0.998. The number of rotatable bonds is 5. The SMILES string of the molecule is Fc1cccc(CCCNC2CC2)c1Cl. The second kappa shape index (κ2) is 4.95. The second-order valence-corrected chi connectivity index (χ2v) is 4.42. The zero-order chi connectivity index (χ0) is 10.7. The normalized spacial score (nSPS) is 15.6. The second-order valence-electron chi connectivity index (χ2n) is 4.04. The van der Waals surface area contributed by atoms with Crippen LogP contribution in [0.25, 0.3) is 0 Å². The summed E-state index contributed by atoms with van der Waals surface area (Å²) in [5.74, 6) is -0.315. The predicted molar refractivity (Wildman–Crippen MR) is 60.8 cm³/mol. The summed E-state index contributed by atoms with van der Waals surface area (Å²) < 4.78 is 13.1. The molecule has 1 nitrogen and oxygen atoms in total. The van der Waals surface area contributed by atoms with Crippen LogP contribution in [0.1, 0.15) is 24.8 Å². The molecular weight excluding hydrogens is 213 g/mol. The highest BCUT2D eigenvalue weighted by Gasteiger charge is 2.19. The molecule has 0 bridgehead atoms. The van der Waals surface area contributed by atoms with E-state index in [2.05, 4.69) is 5.32 Å². The number of nitrogens with one attached hydrogen (secondary N) is 1. The lowest BCUT2D eigenvalue weighted by Gasteiger charge is -2.05. The molecular formula is C12H15ClFN. The summed E-state index contributed by atoms with van der Waals surface area (Å²) in [5, 5.41) is 3.71. The first kappa shape index (κ1) is 10.9. The third kappa shape index (κ3) is 3.18. The lowest BCUT2D eigenvalue weighted by molar-refractivity contribution is 0.620. The highest BCUT2D eigenvalue weighted by atomic mass is 35.5. The van der Waals surface area contributed by atoms with E-state index in [0.717, 1.165) is 31.0 Å². The van der Waals surface area contributed by atoms with Crippen LogP contribution in [-0.4, -0.2) is 12.6 Å². The standard InChI is InChI=1S/C12H15ClFN/c13-12-9(3-1-5-11(12)14)4-2-8-15-10-6-7-10/h1,3,5,10,15H,2,4,6-8H2. The fourth-order valence-corrected chi connectivity index (χ4v) is 1.83. The van der Waals surface area contributed by atoms with Gasteiger partial charge in [0.15, 0.2) is 0 Å². The lowest BCUT2D eigenvalue weighted by Crippen LogP contribution is -2.17. The third-order valence-corrected chi connectivity index (χ3v) is 3.09. The van der Waals surface area contributed by atoms with E-state index in [1.807, 2.05) is 6.07 Å². The van der Waals surface area contributed by atoms with Crippen molar-refractivity contribution >= 4 is 11.6 Å². The molecule has 0 aromatic heterocycles. The van der Waals surface area contributed by atoms with Crippen LogP contribution in [0.2, 0.25) is 5.02 Å². The maximum Gasteiger partial charge on any atom is 0.142 e. The fourth-order valence-electron chi connectivity index (χ4n) is 1.61. The quantitative estimate of drug-likeness (QED) is 0.762. The van der Waals surface area contributed by atoms with Crippen molar-refractivity contribution in [2.45, 2.75) is 31.7 Å². The van der Waals surface area contributed by atoms with Gasteiger partial charge in [-0.1, -0.05) is 23.7 Å². The first-order valence-corrected chi connectivity index (χ1v) is 5.81. The number of hydrogen-bond donors (Lipinski definition) is 1. The van der Waals surface area contributed by atoms with Crippen LogP contribution in [0.5, 0.6) is 0 Å². The zero-order valence-corrected chi connectivity index (χ0v) is 9.36. The minimum Gasteiger partial charge on any atom is -0.314 e. The monoisotopic (exact) mass is 227 g/mol. The van der Waals surface area contributed by atoms with Crippen LogP contribution >= 0.6 is 11.6 Å². The van der Waals surface area contributed by atoms with E-state index >= 15 is 0 Å². The lowest BCUT2D eigenvalue weighted by atomic mass is 10.1. The largest absolute Gasteiger partial charge is 0.314 e. The average molecular weight is 228 g/mol. The molecule has 2 rings (SSSR count). The van der Waals surface area contributed by atoms with Crippen molar-refractivity contribution in [2.75, 3.05) is 6.54 Å². The smallest absolute Gasteiger partial charge is 0.142 e. The van der Waals surface area contributed by atoms with Gasteiger partial charge in [0.1, 0.15) is 5.82 Å². The van der Waals surface area contributed by atoms with Crippen molar-refractivity contribution in [2.24, 2.45) is 0 Å². The summed E-state index contributed by atoms with van der Waals surface area (Å²) in [5.41, 5.74) is 0.911. The van der Waals surface area contributed by atoms with Crippen molar-refractivity contribution < 1.29 is 4.39 Å². The predicted octanol–water partition coefficient (Wildman–Crippen LogP) is 3.16. The van der Waals surface area contributed by atoms with Crippen molar-refractivity contribution in [1.29, 1.82) is 0 Å². The molecule has 1 saturated carbocycles. The first-order valence-electron chi connectivity index (χ1n) is 5.43. The van der Waals surface area contributed by atoms with Crippen LogP contribution < -0.4 is 5.32 Å². The topological polar surface area (TPSA) is 12.0 Å². The molecule has 0 heterocycles. The Labute approximate surface area is 94.6 Å². The molecule has 0 aliphatic heterocycles. The third-order valence-electron chi connectivity index (χ3n) is 2.66. The Morgan fingerprint density at radius 2 is 2.20 bits per heavy atom. The van der Waals surface area contributed by atoms with E-state index in [-0.39, 0.29) is 10.8 Å². The fraction of sp³-hybridized carbons (Fsp3) is 0.500. The highest BCUT2D eigenvalue weighted by Crippen LogP contribution is 2.21. The van der Waals surface area contributed by atoms with E-state index in [1.165, 1.54) is 18.9 Å². The Hall–Kier alpha value is -0.600. The number of hydrogen-bond acceptors (Lipinski definition) is 1. The van der Waals surface area contributed by atoms with Gasteiger partial charge in [-0.05, 0) is 43.9 Å². The van der Waals surface area contributed by atoms with Crippen LogP contribution in [0.4, 0.5) is 4.39 Å². The van der Waals surface area contributed by atoms with Crippen LogP contribution in [0.3, 0.4) is 0 Å². The summed E-state index contributed by atoms with van der Waals surface area (Å²) in [7, 11) is 0. The molecule has 82 valence electrons. The van der Waals surface area contributed by atoms with E-state index < -0.39 is 0 Å². The van der Waals surface area contributed by atoms with Gasteiger partial charge in [0, 0.05) is 6.04 Å². The Kier molecular flexibility index (Phi) is 3.60. The zero-order valence-electron chi connectivity index (χ0n) is 8.60. The highest BCUT2D eigenvalue weighted by molar-refractivity contribution is 6.31. The van der Waals surface area contributed by atoms with E-state index in [9.17, 15) is 4.39 Å². The minimum absolute atomic E-state index is 0.281. The minimum atomic E-state index is -0.315. The molecule has 15 heavy (non-hydrogen) atoms.